The van der Waals surface area contributed by atoms with Crippen molar-refractivity contribution in [1.82, 2.24) is 0 Å². The van der Waals surface area contributed by atoms with Crippen molar-refractivity contribution in [2.75, 3.05) is 0 Å². The van der Waals surface area contributed by atoms with Gasteiger partial charge in [-0.25, -0.2) is 9.36 Å². The van der Waals surface area contributed by atoms with Crippen LogP contribution in [0, 0.1) is 0 Å². The molecule has 2 rings (SSSR count). The van der Waals surface area contributed by atoms with Gasteiger partial charge in [0.15, 0.2) is 24.8 Å². The molecule has 2 aromatic heterocycles. The van der Waals surface area contributed by atoms with Crippen LogP contribution >= 0.6 is 0 Å². The molecule has 0 amide bonds. The largest absolute Gasteiger partial charge is 0.401 e. The molecule has 2 heterocycles. The Morgan fingerprint density at radius 3 is 2.10 bits per heavy atom. The van der Waals surface area contributed by atoms with Crippen LogP contribution in [-0.4, -0.2) is 5.97 Å². The summed E-state index contributed by atoms with van der Waals surface area (Å²) in [7, 11) is 1.98. The lowest BCUT2D eigenvalue weighted by Gasteiger charge is -2.02. The standard InChI is InChI=1S/C16H18N2O2/c1-13(2)16(19)20-12-18-10-6-15(7-11-18)14-4-8-17(3)9-5-14/h4-11H,1,12H2,2-3H3/q+2. The molecule has 0 aromatic carbocycles. The Bertz CT molecular complexity index is 616. The highest BCUT2D eigenvalue weighted by atomic mass is 16.5. The predicted octanol–water partition coefficient (Wildman–Crippen LogP) is 1.54. The van der Waals surface area contributed by atoms with Gasteiger partial charge in [0.05, 0.1) is 0 Å². The van der Waals surface area contributed by atoms with Crippen LogP contribution in [0.5, 0.6) is 0 Å². The van der Waals surface area contributed by atoms with E-state index in [4.69, 9.17) is 4.74 Å². The van der Waals surface area contributed by atoms with Crippen LogP contribution in [0.2, 0.25) is 0 Å². The Balaban J connectivity index is 2.04. The normalized spacial score (nSPS) is 10.1. The van der Waals surface area contributed by atoms with Crippen molar-refractivity contribution >= 4 is 5.97 Å². The number of ether oxygens (including phenoxy) is 1. The summed E-state index contributed by atoms with van der Waals surface area (Å²) in [6.07, 6.45) is 7.78. The molecule has 2 aromatic rings. The quantitative estimate of drug-likeness (QED) is 0.480. The van der Waals surface area contributed by atoms with E-state index in [2.05, 4.69) is 18.7 Å². The van der Waals surface area contributed by atoms with Crippen LogP contribution in [0.4, 0.5) is 0 Å². The Morgan fingerprint density at radius 2 is 1.60 bits per heavy atom. The van der Waals surface area contributed by atoms with E-state index in [1.807, 2.05) is 48.5 Å². The van der Waals surface area contributed by atoms with Gasteiger partial charge in [0.1, 0.15) is 7.05 Å². The zero-order valence-corrected chi connectivity index (χ0v) is 11.7. The lowest BCUT2D eigenvalue weighted by atomic mass is 10.1. The van der Waals surface area contributed by atoms with E-state index in [9.17, 15) is 4.79 Å². The zero-order valence-electron chi connectivity index (χ0n) is 11.7. The van der Waals surface area contributed by atoms with Crippen LogP contribution in [0.15, 0.2) is 61.2 Å². The molecule has 0 fully saturated rings. The maximum Gasteiger partial charge on any atom is 0.337 e. The molecule has 0 saturated carbocycles. The number of hydrogen-bond acceptors (Lipinski definition) is 2. The molecular weight excluding hydrogens is 252 g/mol. The summed E-state index contributed by atoms with van der Waals surface area (Å²) >= 11 is 0. The molecule has 102 valence electrons. The van der Waals surface area contributed by atoms with Crippen molar-refractivity contribution in [3.05, 3.63) is 61.2 Å². The van der Waals surface area contributed by atoms with E-state index in [0.717, 1.165) is 11.1 Å². The number of carbonyl (C=O) groups is 1. The SMILES string of the molecule is C=C(C)C(=O)OC[n+]1ccc(-c2cc[n+](C)cc2)cc1. The van der Waals surface area contributed by atoms with E-state index in [1.165, 1.54) is 0 Å². The minimum Gasteiger partial charge on any atom is -0.401 e. The fraction of sp³-hybridized carbons (Fsp3) is 0.188. The molecule has 0 spiro atoms. The number of nitrogens with zero attached hydrogens (tertiary/aromatic N) is 2. The highest BCUT2D eigenvalue weighted by Crippen LogP contribution is 2.15. The Kier molecular flexibility index (Phi) is 4.25. The van der Waals surface area contributed by atoms with Crippen molar-refractivity contribution in [1.29, 1.82) is 0 Å². The van der Waals surface area contributed by atoms with E-state index < -0.39 is 0 Å². The first-order chi connectivity index (χ1) is 9.56. The average Bonchev–Trinajstić information content (AvgIpc) is 2.46. The summed E-state index contributed by atoms with van der Waals surface area (Å²) in [5.41, 5.74) is 2.67. The highest BCUT2D eigenvalue weighted by Gasteiger charge is 2.08. The second-order valence-corrected chi connectivity index (χ2v) is 4.69. The fourth-order valence-electron chi connectivity index (χ4n) is 1.69. The number of rotatable bonds is 4. The molecule has 0 bridgehead atoms. The molecule has 0 aliphatic rings. The average molecular weight is 270 g/mol. The number of hydrogen-bond donors (Lipinski definition) is 0. The van der Waals surface area contributed by atoms with Crippen molar-refractivity contribution in [2.24, 2.45) is 7.05 Å². The van der Waals surface area contributed by atoms with Crippen LogP contribution in [0.3, 0.4) is 0 Å². The molecule has 0 N–H and O–H groups in total. The van der Waals surface area contributed by atoms with Crippen molar-refractivity contribution < 1.29 is 18.7 Å². The van der Waals surface area contributed by atoms with Crippen molar-refractivity contribution in [3.63, 3.8) is 0 Å². The van der Waals surface area contributed by atoms with Gasteiger partial charge in [-0.05, 0) is 18.1 Å². The maximum absolute atomic E-state index is 11.3. The molecule has 0 saturated heterocycles. The molecule has 20 heavy (non-hydrogen) atoms. The highest BCUT2D eigenvalue weighted by molar-refractivity contribution is 5.86. The van der Waals surface area contributed by atoms with E-state index in [1.54, 1.807) is 11.5 Å². The summed E-state index contributed by atoms with van der Waals surface area (Å²) < 4.78 is 8.86. The van der Waals surface area contributed by atoms with Gasteiger partial charge in [-0.1, -0.05) is 6.58 Å². The molecule has 0 radical (unpaired) electrons. The van der Waals surface area contributed by atoms with Gasteiger partial charge in [-0.15, -0.1) is 0 Å². The summed E-state index contributed by atoms with van der Waals surface area (Å²) in [5.74, 6) is -0.378. The third kappa shape index (κ3) is 3.51. The third-order valence-corrected chi connectivity index (χ3v) is 2.90. The number of aromatic nitrogens is 2. The molecule has 0 aliphatic carbocycles. The lowest BCUT2D eigenvalue weighted by Crippen LogP contribution is -2.35. The van der Waals surface area contributed by atoms with Gasteiger partial charge in [0.25, 0.3) is 6.73 Å². The maximum atomic E-state index is 11.3. The lowest BCUT2D eigenvalue weighted by molar-refractivity contribution is -0.727. The molecule has 4 heteroatoms. The Hall–Kier alpha value is -2.49. The van der Waals surface area contributed by atoms with Gasteiger partial charge in [0, 0.05) is 29.8 Å². The summed E-state index contributed by atoms with van der Waals surface area (Å²) in [5, 5.41) is 0. The topological polar surface area (TPSA) is 34.1 Å². The molecule has 4 nitrogen and oxygen atoms in total. The minimum atomic E-state index is -0.378. The molecular formula is C16H18N2O2+2. The van der Waals surface area contributed by atoms with Gasteiger partial charge >= 0.3 is 5.97 Å². The van der Waals surface area contributed by atoms with Crippen molar-refractivity contribution in [2.45, 2.75) is 13.7 Å². The number of esters is 1. The summed E-state index contributed by atoms with van der Waals surface area (Å²) in [6, 6.07) is 8.09. The van der Waals surface area contributed by atoms with E-state index in [-0.39, 0.29) is 12.7 Å². The number of aryl methyl sites for hydroxylation is 1. The monoisotopic (exact) mass is 270 g/mol. The van der Waals surface area contributed by atoms with Gasteiger partial charge in [-0.2, -0.15) is 4.57 Å². The summed E-state index contributed by atoms with van der Waals surface area (Å²) in [6.45, 7) is 5.36. The van der Waals surface area contributed by atoms with Crippen LogP contribution in [-0.2, 0) is 23.3 Å². The second kappa shape index (κ2) is 6.10. The van der Waals surface area contributed by atoms with Crippen LogP contribution < -0.4 is 9.13 Å². The van der Waals surface area contributed by atoms with E-state index >= 15 is 0 Å². The van der Waals surface area contributed by atoms with Gasteiger partial charge in [-0.3, -0.25) is 0 Å². The van der Waals surface area contributed by atoms with Gasteiger partial charge in [0.2, 0.25) is 0 Å². The van der Waals surface area contributed by atoms with Crippen LogP contribution in [0.1, 0.15) is 6.92 Å². The smallest absolute Gasteiger partial charge is 0.337 e. The Labute approximate surface area is 118 Å². The molecule has 0 unspecified atom stereocenters. The Morgan fingerprint density at radius 1 is 1.10 bits per heavy atom. The second-order valence-electron chi connectivity index (χ2n) is 4.69. The number of carbonyl (C=O) groups excluding carboxylic acids is 1. The van der Waals surface area contributed by atoms with Gasteiger partial charge < -0.3 is 4.74 Å². The third-order valence-electron chi connectivity index (χ3n) is 2.90. The van der Waals surface area contributed by atoms with Crippen LogP contribution in [0.25, 0.3) is 11.1 Å². The first kappa shape index (κ1) is 13.9. The fourth-order valence-corrected chi connectivity index (χ4v) is 1.69. The predicted molar refractivity (Wildman–Crippen MR) is 74.2 cm³/mol. The summed E-state index contributed by atoms with van der Waals surface area (Å²) in [4.78, 5) is 11.3. The zero-order chi connectivity index (χ0) is 14.5. The van der Waals surface area contributed by atoms with Crippen molar-refractivity contribution in [3.8, 4) is 11.1 Å². The first-order valence-electron chi connectivity index (χ1n) is 6.33. The number of pyridine rings is 2. The molecule has 0 aliphatic heterocycles. The minimum absolute atomic E-state index is 0.190. The van der Waals surface area contributed by atoms with E-state index in [0.29, 0.717) is 5.57 Å². The first-order valence-corrected chi connectivity index (χ1v) is 6.33. The molecule has 0 atom stereocenters.